The molecule has 114 valence electrons. The van der Waals surface area contributed by atoms with Gasteiger partial charge in [-0.15, -0.1) is 0 Å². The average molecular weight is 293 g/mol. The van der Waals surface area contributed by atoms with Gasteiger partial charge >= 0.3 is 14.7 Å². The third-order valence-electron chi connectivity index (χ3n) is 2.43. The van der Waals surface area contributed by atoms with Crippen molar-refractivity contribution in [1.82, 2.24) is 5.32 Å². The van der Waals surface area contributed by atoms with Crippen LogP contribution in [-0.2, 0) is 13.6 Å². The van der Waals surface area contributed by atoms with E-state index in [1.165, 1.54) is 0 Å². The number of aliphatic hydroxyl groups excluding tert-OH is 1. The Kier molecular flexibility index (Phi) is 9.85. The summed E-state index contributed by atoms with van der Waals surface area (Å²) in [4.78, 5) is 11.2. The lowest BCUT2D eigenvalue weighted by atomic mass is 10.4. The van der Waals surface area contributed by atoms with Crippen LogP contribution in [0.2, 0.25) is 12.6 Å². The van der Waals surface area contributed by atoms with Crippen molar-refractivity contribution in [3.63, 3.8) is 0 Å². The van der Waals surface area contributed by atoms with Gasteiger partial charge in [0.1, 0.15) is 6.61 Å². The van der Waals surface area contributed by atoms with Crippen LogP contribution in [0.5, 0.6) is 0 Å². The predicted octanol–water partition coefficient (Wildman–Crippen LogP) is 1.63. The van der Waals surface area contributed by atoms with Crippen molar-refractivity contribution in [2.45, 2.75) is 45.9 Å². The third-order valence-corrected chi connectivity index (χ3v) is 5.49. The summed E-state index contributed by atoms with van der Waals surface area (Å²) in [5.41, 5.74) is 0. The van der Waals surface area contributed by atoms with E-state index in [4.69, 9.17) is 18.7 Å². The Hall–Kier alpha value is -0.633. The quantitative estimate of drug-likeness (QED) is 0.473. The summed E-state index contributed by atoms with van der Waals surface area (Å²) in [7, 11) is -2.09. The fourth-order valence-corrected chi connectivity index (χ4v) is 4.06. The van der Waals surface area contributed by atoms with E-state index in [9.17, 15) is 4.79 Å². The molecule has 0 aromatic rings. The predicted molar refractivity (Wildman–Crippen MR) is 75.3 cm³/mol. The summed E-state index contributed by atoms with van der Waals surface area (Å²) in [5.74, 6) is 0. The number of aliphatic hydroxyl groups is 1. The van der Waals surface area contributed by atoms with E-state index >= 15 is 0 Å². The molecule has 0 heterocycles. The highest BCUT2D eigenvalue weighted by atomic mass is 28.4. The van der Waals surface area contributed by atoms with Crippen molar-refractivity contribution < 1.29 is 23.5 Å². The van der Waals surface area contributed by atoms with Crippen LogP contribution in [-0.4, -0.2) is 52.2 Å². The van der Waals surface area contributed by atoms with E-state index in [0.29, 0.717) is 19.8 Å². The lowest BCUT2D eigenvalue weighted by Gasteiger charge is -2.25. The first-order valence-electron chi connectivity index (χ1n) is 6.80. The van der Waals surface area contributed by atoms with E-state index in [1.54, 1.807) is 6.92 Å². The zero-order chi connectivity index (χ0) is 14.7. The fraction of sp³-hybridized carbons (Fsp3) is 0.917. The van der Waals surface area contributed by atoms with E-state index in [0.717, 1.165) is 12.5 Å². The largest absolute Gasteiger partial charge is 0.447 e. The molecule has 0 bridgehead atoms. The van der Waals surface area contributed by atoms with Gasteiger partial charge in [-0.2, -0.15) is 0 Å². The molecule has 0 radical (unpaired) electrons. The van der Waals surface area contributed by atoms with Crippen LogP contribution in [0.15, 0.2) is 0 Å². The van der Waals surface area contributed by atoms with Gasteiger partial charge in [0.2, 0.25) is 0 Å². The molecule has 2 N–H and O–H groups in total. The smallest absolute Gasteiger partial charge is 0.407 e. The first-order valence-corrected chi connectivity index (χ1v) is 9.32. The lowest BCUT2D eigenvalue weighted by molar-refractivity contribution is 0.0780. The van der Waals surface area contributed by atoms with E-state index < -0.39 is 20.8 Å². The summed E-state index contributed by atoms with van der Waals surface area (Å²) in [6, 6.07) is 0.825. The normalized spacial score (nSPS) is 13.1. The summed E-state index contributed by atoms with van der Waals surface area (Å²) in [6.45, 7) is 9.32. The second kappa shape index (κ2) is 10.2. The molecule has 0 saturated carbocycles. The minimum atomic E-state index is -2.09. The molecule has 0 rings (SSSR count). The molecule has 0 aromatic heterocycles. The molecule has 0 saturated heterocycles. The van der Waals surface area contributed by atoms with Crippen molar-refractivity contribution in [1.29, 1.82) is 0 Å². The summed E-state index contributed by atoms with van der Waals surface area (Å²) >= 11 is 0. The number of carbonyl (C=O) groups excluding carboxylic acids is 1. The molecule has 0 spiro atoms. The molecule has 19 heavy (non-hydrogen) atoms. The Labute approximate surface area is 116 Å². The molecular weight excluding hydrogens is 266 g/mol. The maximum atomic E-state index is 11.2. The van der Waals surface area contributed by atoms with E-state index in [-0.39, 0.29) is 6.61 Å². The minimum Gasteiger partial charge on any atom is -0.447 e. The number of amides is 1. The highest BCUT2D eigenvalue weighted by Gasteiger charge is 2.29. The van der Waals surface area contributed by atoms with Crippen LogP contribution in [0.1, 0.15) is 27.2 Å². The van der Waals surface area contributed by atoms with E-state index in [1.807, 2.05) is 20.4 Å². The van der Waals surface area contributed by atoms with Gasteiger partial charge < -0.3 is 24.0 Å². The number of hydrogen-bond donors (Lipinski definition) is 2. The van der Waals surface area contributed by atoms with Gasteiger partial charge in [-0.3, -0.25) is 0 Å². The Morgan fingerprint density at radius 3 is 2.37 bits per heavy atom. The molecule has 1 atom stereocenters. The van der Waals surface area contributed by atoms with Gasteiger partial charge in [0, 0.05) is 19.8 Å². The number of nitrogens with one attached hydrogen (secondary N) is 1. The molecule has 1 unspecified atom stereocenters. The lowest BCUT2D eigenvalue weighted by Crippen LogP contribution is -2.39. The second-order valence-electron chi connectivity index (χ2n) is 4.48. The number of hydrogen-bond acceptors (Lipinski definition) is 5. The Bertz CT molecular complexity index is 244. The summed E-state index contributed by atoms with van der Waals surface area (Å²) < 4.78 is 16.2. The Balaban J connectivity index is 3.78. The Morgan fingerprint density at radius 1 is 1.32 bits per heavy atom. The van der Waals surface area contributed by atoms with Crippen LogP contribution in [0.4, 0.5) is 4.79 Å². The zero-order valence-corrected chi connectivity index (χ0v) is 13.4. The molecule has 0 aromatic carbocycles. The molecule has 0 aliphatic rings. The number of ether oxygens (including phenoxy) is 1. The number of carbonyl (C=O) groups is 1. The van der Waals surface area contributed by atoms with Gasteiger partial charge in [-0.1, -0.05) is 0 Å². The topological polar surface area (TPSA) is 77.0 Å². The molecule has 0 fully saturated rings. The highest BCUT2D eigenvalue weighted by Crippen LogP contribution is 2.15. The van der Waals surface area contributed by atoms with Crippen molar-refractivity contribution in [3.8, 4) is 0 Å². The summed E-state index contributed by atoms with van der Waals surface area (Å²) in [6.07, 6.45) is -0.360. The van der Waals surface area contributed by atoms with Crippen LogP contribution >= 0.6 is 0 Å². The van der Waals surface area contributed by atoms with Crippen LogP contribution in [0.25, 0.3) is 0 Å². The highest BCUT2D eigenvalue weighted by molar-refractivity contribution is 6.66. The van der Waals surface area contributed by atoms with Gasteiger partial charge in [-0.25, -0.2) is 4.79 Å². The number of alkyl carbamates (subject to hydrolysis) is 1. The molecule has 6 nitrogen and oxygen atoms in total. The van der Waals surface area contributed by atoms with Crippen molar-refractivity contribution >= 4 is 14.7 Å². The van der Waals surface area contributed by atoms with E-state index in [2.05, 4.69) is 5.32 Å². The third kappa shape index (κ3) is 9.89. The molecule has 7 heteroatoms. The fourth-order valence-electron chi connectivity index (χ4n) is 1.64. The second-order valence-corrected chi connectivity index (χ2v) is 7.82. The SMILES string of the molecule is CCO[Si](C)(CCCNC(=O)OCC(C)O)OCC. The molecule has 0 aliphatic heterocycles. The molecule has 0 aliphatic carbocycles. The van der Waals surface area contributed by atoms with Gasteiger partial charge in [0.05, 0.1) is 6.10 Å². The average Bonchev–Trinajstić information content (AvgIpc) is 2.33. The van der Waals surface area contributed by atoms with Gasteiger partial charge in [0.15, 0.2) is 0 Å². The Morgan fingerprint density at radius 2 is 1.89 bits per heavy atom. The monoisotopic (exact) mass is 293 g/mol. The first-order chi connectivity index (χ1) is 8.93. The molecule has 1 amide bonds. The van der Waals surface area contributed by atoms with Gasteiger partial charge in [0.25, 0.3) is 0 Å². The van der Waals surface area contributed by atoms with Gasteiger partial charge in [-0.05, 0) is 39.8 Å². The van der Waals surface area contributed by atoms with Crippen molar-refractivity contribution in [3.05, 3.63) is 0 Å². The maximum Gasteiger partial charge on any atom is 0.407 e. The minimum absolute atomic E-state index is 0.0101. The number of rotatable bonds is 10. The van der Waals surface area contributed by atoms with Crippen LogP contribution in [0.3, 0.4) is 0 Å². The van der Waals surface area contributed by atoms with Crippen LogP contribution < -0.4 is 5.32 Å². The zero-order valence-electron chi connectivity index (χ0n) is 12.4. The van der Waals surface area contributed by atoms with Crippen molar-refractivity contribution in [2.24, 2.45) is 0 Å². The van der Waals surface area contributed by atoms with Crippen LogP contribution in [0, 0.1) is 0 Å². The maximum absolute atomic E-state index is 11.2. The standard InChI is InChI=1S/C12H27NO5Si/c1-5-17-19(4,18-6-2)9-7-8-13-12(15)16-10-11(3)14/h11,14H,5-10H2,1-4H3,(H,13,15). The van der Waals surface area contributed by atoms with Crippen molar-refractivity contribution in [2.75, 3.05) is 26.4 Å². The summed E-state index contributed by atoms with van der Waals surface area (Å²) in [5, 5.41) is 11.6. The molecular formula is C12H27NO5Si. The first kappa shape index (κ1) is 18.4.